The van der Waals surface area contributed by atoms with Gasteiger partial charge < -0.3 is 9.80 Å². The first-order valence-electron chi connectivity index (χ1n) is 10.00. The Kier molecular flexibility index (Phi) is 5.69. The summed E-state index contributed by atoms with van der Waals surface area (Å²) in [5, 5.41) is 9.09. The number of amides is 1. The van der Waals surface area contributed by atoms with E-state index in [9.17, 15) is 4.79 Å². The maximum Gasteiger partial charge on any atom is 0.254 e. The lowest BCUT2D eigenvalue weighted by atomic mass is 9.96. The van der Waals surface area contributed by atoms with Crippen LogP contribution in [0, 0.1) is 11.3 Å². The Morgan fingerprint density at radius 3 is 2.00 bits per heavy atom. The van der Waals surface area contributed by atoms with Gasteiger partial charge in [0.15, 0.2) is 0 Å². The van der Waals surface area contributed by atoms with Crippen molar-refractivity contribution >= 4 is 5.91 Å². The molecule has 1 aliphatic heterocycles. The number of nitrogens with one attached hydrogen (secondary N) is 1. The average molecular weight is 382 g/mol. The van der Waals surface area contributed by atoms with Crippen LogP contribution < -0.4 is 4.90 Å². The molecule has 4 nitrogen and oxygen atoms in total. The van der Waals surface area contributed by atoms with Gasteiger partial charge in [0.1, 0.15) is 6.04 Å². The molecular formula is C25H24N3O+. The SMILES string of the molecule is N#Cc1cccc(C(=O)N2CC[NH+](C(c3ccccc3)c3ccccc3)CC2)c1. The molecule has 3 aromatic carbocycles. The van der Waals surface area contributed by atoms with E-state index in [1.165, 1.54) is 16.0 Å². The highest BCUT2D eigenvalue weighted by atomic mass is 16.2. The molecule has 0 radical (unpaired) electrons. The van der Waals surface area contributed by atoms with Gasteiger partial charge in [-0.1, -0.05) is 66.7 Å². The van der Waals surface area contributed by atoms with Crippen molar-refractivity contribution in [2.75, 3.05) is 26.2 Å². The normalized spacial score (nSPS) is 14.6. The minimum atomic E-state index is 0.0112. The van der Waals surface area contributed by atoms with Crippen molar-refractivity contribution in [2.24, 2.45) is 0 Å². The number of carbonyl (C=O) groups excluding carboxylic acids is 1. The zero-order valence-electron chi connectivity index (χ0n) is 16.3. The Balaban J connectivity index is 1.51. The number of hydrogen-bond acceptors (Lipinski definition) is 2. The van der Waals surface area contributed by atoms with Crippen molar-refractivity contribution in [3.05, 3.63) is 107 Å². The Morgan fingerprint density at radius 1 is 0.862 bits per heavy atom. The summed E-state index contributed by atoms with van der Waals surface area (Å²) in [5.41, 5.74) is 3.72. The van der Waals surface area contributed by atoms with Crippen molar-refractivity contribution in [3.8, 4) is 6.07 Å². The fraction of sp³-hybridized carbons (Fsp3) is 0.200. The number of nitrogens with zero attached hydrogens (tertiary/aromatic N) is 2. The summed E-state index contributed by atoms with van der Waals surface area (Å²) in [6.07, 6.45) is 0. The van der Waals surface area contributed by atoms with Gasteiger partial charge in [-0.3, -0.25) is 4.79 Å². The molecule has 4 rings (SSSR count). The Labute approximate surface area is 171 Å². The molecule has 0 unspecified atom stereocenters. The van der Waals surface area contributed by atoms with Crippen LogP contribution >= 0.6 is 0 Å². The molecule has 29 heavy (non-hydrogen) atoms. The van der Waals surface area contributed by atoms with E-state index >= 15 is 0 Å². The molecule has 3 aromatic rings. The van der Waals surface area contributed by atoms with Crippen molar-refractivity contribution in [1.82, 2.24) is 4.90 Å². The van der Waals surface area contributed by atoms with Gasteiger partial charge >= 0.3 is 0 Å². The highest BCUT2D eigenvalue weighted by Gasteiger charge is 2.31. The van der Waals surface area contributed by atoms with Gasteiger partial charge in [0, 0.05) is 16.7 Å². The van der Waals surface area contributed by atoms with Crippen LogP contribution in [0.1, 0.15) is 33.1 Å². The number of hydrogen-bond donors (Lipinski definition) is 1. The summed E-state index contributed by atoms with van der Waals surface area (Å²) in [5.74, 6) is 0.0112. The number of quaternary nitrogens is 1. The highest BCUT2D eigenvalue weighted by Crippen LogP contribution is 2.19. The number of nitriles is 1. The third kappa shape index (κ3) is 4.21. The molecule has 0 aliphatic carbocycles. The Hall–Kier alpha value is -3.42. The molecule has 1 heterocycles. The molecule has 1 amide bonds. The van der Waals surface area contributed by atoms with Crippen LogP contribution in [0.2, 0.25) is 0 Å². The van der Waals surface area contributed by atoms with Crippen molar-refractivity contribution in [2.45, 2.75) is 6.04 Å². The van der Waals surface area contributed by atoms with Crippen molar-refractivity contribution < 1.29 is 9.69 Å². The van der Waals surface area contributed by atoms with E-state index in [-0.39, 0.29) is 11.9 Å². The molecule has 1 aliphatic rings. The number of carbonyl (C=O) groups is 1. The zero-order chi connectivity index (χ0) is 20.1. The quantitative estimate of drug-likeness (QED) is 0.754. The lowest BCUT2D eigenvalue weighted by Crippen LogP contribution is -3.15. The van der Waals surface area contributed by atoms with Gasteiger partial charge in [0.25, 0.3) is 5.91 Å². The van der Waals surface area contributed by atoms with Crippen LogP contribution in [0.4, 0.5) is 0 Å². The van der Waals surface area contributed by atoms with E-state index < -0.39 is 0 Å². The standard InChI is InChI=1S/C25H23N3O/c26-19-20-8-7-13-23(18-20)25(29)28-16-14-27(15-17-28)24(21-9-3-1-4-10-21)22-11-5-2-6-12-22/h1-13,18,24H,14-17H2/p+1. The first kappa shape index (κ1) is 18.9. The van der Waals surface area contributed by atoms with Gasteiger partial charge in [0.2, 0.25) is 0 Å². The van der Waals surface area contributed by atoms with Crippen LogP contribution in [0.5, 0.6) is 0 Å². The van der Waals surface area contributed by atoms with Crippen LogP contribution in [0.25, 0.3) is 0 Å². The molecule has 1 N–H and O–H groups in total. The maximum absolute atomic E-state index is 12.9. The van der Waals surface area contributed by atoms with Gasteiger partial charge in [-0.25, -0.2) is 0 Å². The molecule has 4 heteroatoms. The van der Waals surface area contributed by atoms with E-state index in [1.54, 1.807) is 24.3 Å². The van der Waals surface area contributed by atoms with Crippen LogP contribution in [-0.4, -0.2) is 37.0 Å². The van der Waals surface area contributed by atoms with Gasteiger partial charge in [-0.15, -0.1) is 0 Å². The Morgan fingerprint density at radius 2 is 1.45 bits per heavy atom. The smallest absolute Gasteiger partial charge is 0.254 e. The second kappa shape index (κ2) is 8.72. The minimum Gasteiger partial charge on any atom is -0.327 e. The molecule has 1 fully saturated rings. The summed E-state index contributed by atoms with van der Waals surface area (Å²) in [7, 11) is 0. The largest absolute Gasteiger partial charge is 0.327 e. The average Bonchev–Trinajstić information content (AvgIpc) is 2.81. The lowest BCUT2D eigenvalue weighted by Gasteiger charge is -2.37. The third-order valence-electron chi connectivity index (χ3n) is 5.61. The predicted molar refractivity (Wildman–Crippen MR) is 112 cm³/mol. The van der Waals surface area contributed by atoms with Crippen molar-refractivity contribution in [3.63, 3.8) is 0 Å². The zero-order valence-corrected chi connectivity index (χ0v) is 16.3. The van der Waals surface area contributed by atoms with Crippen molar-refractivity contribution in [1.29, 1.82) is 5.26 Å². The molecule has 0 atom stereocenters. The van der Waals surface area contributed by atoms with Gasteiger partial charge in [-0.2, -0.15) is 5.26 Å². The van der Waals surface area contributed by atoms with Crippen LogP contribution in [0.3, 0.4) is 0 Å². The first-order chi connectivity index (χ1) is 14.3. The van der Waals surface area contributed by atoms with E-state index in [4.69, 9.17) is 5.26 Å². The van der Waals surface area contributed by atoms with Crippen LogP contribution in [0.15, 0.2) is 84.9 Å². The third-order valence-corrected chi connectivity index (χ3v) is 5.61. The maximum atomic E-state index is 12.9. The molecule has 0 bridgehead atoms. The van der Waals surface area contributed by atoms with E-state index in [2.05, 4.69) is 54.6 Å². The van der Waals surface area contributed by atoms with Gasteiger partial charge in [0.05, 0.1) is 37.8 Å². The van der Waals surface area contributed by atoms with E-state index in [1.807, 2.05) is 17.0 Å². The topological polar surface area (TPSA) is 48.5 Å². The summed E-state index contributed by atoms with van der Waals surface area (Å²) >= 11 is 0. The monoisotopic (exact) mass is 382 g/mol. The highest BCUT2D eigenvalue weighted by molar-refractivity contribution is 5.94. The predicted octanol–water partition coefficient (Wildman–Crippen LogP) is 2.69. The molecule has 0 aromatic heterocycles. The Bertz CT molecular complexity index is 963. The first-order valence-corrected chi connectivity index (χ1v) is 10.00. The number of piperazine rings is 1. The summed E-state index contributed by atoms with van der Waals surface area (Å²) < 4.78 is 0. The van der Waals surface area contributed by atoms with E-state index in [0.29, 0.717) is 24.2 Å². The fourth-order valence-corrected chi connectivity index (χ4v) is 4.14. The van der Waals surface area contributed by atoms with Gasteiger partial charge in [-0.05, 0) is 18.2 Å². The second-order valence-electron chi connectivity index (χ2n) is 7.40. The molecule has 0 saturated carbocycles. The molecular weight excluding hydrogens is 358 g/mol. The summed E-state index contributed by atoms with van der Waals surface area (Å²) in [6.45, 7) is 3.19. The molecule has 1 saturated heterocycles. The van der Waals surface area contributed by atoms with E-state index in [0.717, 1.165) is 13.1 Å². The fourth-order valence-electron chi connectivity index (χ4n) is 4.14. The number of rotatable bonds is 4. The number of benzene rings is 3. The summed E-state index contributed by atoms with van der Waals surface area (Å²) in [6, 6.07) is 30.6. The lowest BCUT2D eigenvalue weighted by molar-refractivity contribution is -0.929. The van der Waals surface area contributed by atoms with Crippen LogP contribution in [-0.2, 0) is 0 Å². The molecule has 144 valence electrons. The molecule has 0 spiro atoms. The second-order valence-corrected chi connectivity index (χ2v) is 7.40. The minimum absolute atomic E-state index is 0.0112. The summed E-state index contributed by atoms with van der Waals surface area (Å²) in [4.78, 5) is 16.3.